The van der Waals surface area contributed by atoms with E-state index >= 15 is 0 Å². The largest absolute Gasteiger partial charge is 0.472 e. The van der Waals surface area contributed by atoms with Crippen molar-refractivity contribution in [3.05, 3.63) is 12.2 Å². The number of carbonyl (C=O) groups excluding carboxylic acids is 4. The minimum atomic E-state index is -5.81. The van der Waals surface area contributed by atoms with Gasteiger partial charge in [0.05, 0.1) is 13.2 Å². The third-order valence-electron chi connectivity index (χ3n) is 23.5. The Hall–Kier alpha value is -2.79. The first-order chi connectivity index (χ1) is 57.2. The van der Waals surface area contributed by atoms with E-state index in [-0.39, 0.29) is 32.1 Å². The van der Waals surface area contributed by atoms with Crippen LogP contribution in [0.5, 0.6) is 0 Å². The Kier molecular flexibility index (Phi) is 66.2. The molecule has 0 aromatic heterocycles. The van der Waals surface area contributed by atoms with E-state index in [0.29, 0.717) is 32.1 Å². The van der Waals surface area contributed by atoms with Gasteiger partial charge in [-0.2, -0.15) is 0 Å². The average molecular weight is 1710 g/mol. The smallest absolute Gasteiger partial charge is 0.463 e. The maximum atomic E-state index is 14.9. The maximum Gasteiger partial charge on any atom is 0.472 e. The summed E-state index contributed by atoms with van der Waals surface area (Å²) in [7, 11) is -5.81. The van der Waals surface area contributed by atoms with E-state index in [1.54, 1.807) is 0 Å². The number of aliphatic hydroxyl groups is 9. The summed E-state index contributed by atoms with van der Waals surface area (Å²) in [5.74, 6) is -2.96. The third kappa shape index (κ3) is 51.0. The summed E-state index contributed by atoms with van der Waals surface area (Å²) < 4.78 is 73.4. The number of phosphoric ester groups is 1. The molecule has 3 aliphatic rings. The highest BCUT2D eigenvalue weighted by molar-refractivity contribution is 7.47. The number of ether oxygens (including phenoxy) is 8. The molecule has 0 aromatic carbocycles. The van der Waals surface area contributed by atoms with Crippen LogP contribution in [0.2, 0.25) is 0 Å². The van der Waals surface area contributed by atoms with Crippen LogP contribution in [0, 0.1) is 0 Å². The average Bonchev–Trinajstić information content (AvgIpc) is 0.754. The van der Waals surface area contributed by atoms with Gasteiger partial charge < -0.3 is 88.7 Å². The van der Waals surface area contributed by atoms with Gasteiger partial charge in [-0.1, -0.05) is 354 Å². The number of hydrogen-bond acceptors (Lipinski definition) is 24. The molecule has 1 saturated carbocycles. The molecule has 10 N–H and O–H groups in total. The summed E-state index contributed by atoms with van der Waals surface area (Å²) >= 11 is 0. The predicted molar refractivity (Wildman–Crippen MR) is 458 cm³/mol. The number of unbranched alkanes of at least 4 members (excludes halogenated alkanes) is 52. The zero-order chi connectivity index (χ0) is 86.1. The molecule has 0 amide bonds. The Labute approximate surface area is 712 Å². The first-order valence-corrected chi connectivity index (χ1v) is 49.4. The van der Waals surface area contributed by atoms with Gasteiger partial charge in [0.1, 0.15) is 92.6 Å². The molecule has 0 aromatic rings. The Morgan fingerprint density at radius 3 is 1.02 bits per heavy atom. The van der Waals surface area contributed by atoms with Gasteiger partial charge in [-0.15, -0.1) is 0 Å². The van der Waals surface area contributed by atoms with Crippen molar-refractivity contribution in [2.75, 3.05) is 26.4 Å². The van der Waals surface area contributed by atoms with Gasteiger partial charge in [-0.3, -0.25) is 28.2 Å². The lowest BCUT2D eigenvalue weighted by Gasteiger charge is -2.50. The van der Waals surface area contributed by atoms with Crippen molar-refractivity contribution in [3.8, 4) is 0 Å². The van der Waals surface area contributed by atoms with Crippen LogP contribution in [-0.4, -0.2) is 205 Å². The molecule has 3 rings (SSSR count). The van der Waals surface area contributed by atoms with Gasteiger partial charge in [-0.25, -0.2) is 4.57 Å². The molecule has 18 atom stereocenters. The van der Waals surface area contributed by atoms with Gasteiger partial charge in [0.15, 0.2) is 24.8 Å². The zero-order valence-corrected chi connectivity index (χ0v) is 74.9. The van der Waals surface area contributed by atoms with Gasteiger partial charge in [0, 0.05) is 25.7 Å². The molecule has 2 saturated heterocycles. The zero-order valence-electron chi connectivity index (χ0n) is 74.0. The van der Waals surface area contributed by atoms with Crippen molar-refractivity contribution in [1.82, 2.24) is 0 Å². The molecule has 1 aliphatic carbocycles. The van der Waals surface area contributed by atoms with E-state index in [4.69, 9.17) is 46.9 Å². The highest BCUT2D eigenvalue weighted by Gasteiger charge is 2.60. The van der Waals surface area contributed by atoms with E-state index in [9.17, 15) is 74.6 Å². The highest BCUT2D eigenvalue weighted by atomic mass is 31.2. The van der Waals surface area contributed by atoms with Crippen LogP contribution < -0.4 is 0 Å². The summed E-state index contributed by atoms with van der Waals surface area (Å²) in [6.07, 6.45) is 30.6. The van der Waals surface area contributed by atoms with Crippen molar-refractivity contribution in [3.63, 3.8) is 0 Å². The number of aliphatic hydroxyl groups excluding tert-OH is 9. The van der Waals surface area contributed by atoms with Gasteiger partial charge >= 0.3 is 31.7 Å². The van der Waals surface area contributed by atoms with Crippen LogP contribution in [0.1, 0.15) is 419 Å². The molecule has 18 unspecified atom stereocenters. The van der Waals surface area contributed by atoms with Crippen molar-refractivity contribution < 1.29 is 122 Å². The van der Waals surface area contributed by atoms with E-state index in [1.165, 1.54) is 205 Å². The summed E-state index contributed by atoms with van der Waals surface area (Å²) in [4.78, 5) is 66.5. The topological polar surface area (TPSA) is 380 Å². The van der Waals surface area contributed by atoms with E-state index in [2.05, 4.69) is 39.8 Å². The van der Waals surface area contributed by atoms with Crippen molar-refractivity contribution in [2.45, 2.75) is 524 Å². The molecule has 2 heterocycles. The second-order valence-corrected chi connectivity index (χ2v) is 35.6. The fourth-order valence-electron chi connectivity index (χ4n) is 15.9. The summed E-state index contributed by atoms with van der Waals surface area (Å²) in [6.45, 7) is 5.62. The fraction of sp³-hybridized carbons (Fsp3) is 0.935. The number of esters is 4. The molecule has 0 bridgehead atoms. The lowest BCUT2D eigenvalue weighted by molar-refractivity contribution is -0.360. The molecular formula is C92H171O25P. The number of hydrogen-bond donors (Lipinski definition) is 10. The van der Waals surface area contributed by atoms with Gasteiger partial charge in [0.25, 0.3) is 0 Å². The first kappa shape index (κ1) is 109. The Morgan fingerprint density at radius 1 is 0.331 bits per heavy atom. The number of allylic oxidation sites excluding steroid dienone is 2. The molecular weight excluding hydrogens is 1540 g/mol. The third-order valence-corrected chi connectivity index (χ3v) is 24.5. The quantitative estimate of drug-likeness (QED) is 0.00889. The predicted octanol–water partition coefficient (Wildman–Crippen LogP) is 17.9. The molecule has 26 heteroatoms. The normalized spacial score (nSPS) is 24.9. The Bertz CT molecular complexity index is 2500. The van der Waals surface area contributed by atoms with Crippen LogP contribution >= 0.6 is 7.82 Å². The minimum absolute atomic E-state index is 0.0174. The number of rotatable bonds is 78. The molecule has 3 fully saturated rings. The second kappa shape index (κ2) is 71.4. The van der Waals surface area contributed by atoms with Crippen LogP contribution in [0.4, 0.5) is 0 Å². The number of carbonyl (C=O) groups is 4. The van der Waals surface area contributed by atoms with Crippen molar-refractivity contribution in [2.24, 2.45) is 0 Å². The summed E-state index contributed by atoms with van der Waals surface area (Å²) in [6, 6.07) is 0. The van der Waals surface area contributed by atoms with Crippen LogP contribution in [0.25, 0.3) is 0 Å². The second-order valence-electron chi connectivity index (χ2n) is 34.2. The maximum absolute atomic E-state index is 14.9. The minimum Gasteiger partial charge on any atom is -0.463 e. The highest BCUT2D eigenvalue weighted by Crippen LogP contribution is 2.49. The van der Waals surface area contributed by atoms with Crippen molar-refractivity contribution in [1.29, 1.82) is 0 Å². The molecule has 2 aliphatic heterocycles. The summed E-state index contributed by atoms with van der Waals surface area (Å²) in [5.41, 5.74) is 0. The Balaban J connectivity index is 1.90. The van der Waals surface area contributed by atoms with E-state index < -0.39 is 162 Å². The Morgan fingerprint density at radius 2 is 0.636 bits per heavy atom. The lowest BCUT2D eigenvalue weighted by atomic mass is 9.84. The van der Waals surface area contributed by atoms with Crippen molar-refractivity contribution >= 4 is 31.7 Å². The van der Waals surface area contributed by atoms with E-state index in [0.717, 1.165) is 122 Å². The standard InChI is InChI=1S/C92H171O25P/c1-5-9-13-17-21-25-29-33-36-39-42-44-48-52-56-60-64-75(94)108-69-72(111-77(96)66-62-58-54-50-47-43-38-35-31-27-23-19-15-11-7-3)70-110-118(106,107)117-90-88(115-91-85(104)81(100)79(98)73(68-93)112-91)84(103)83(102)87(114-78(97)67-63-59-55-51-46-40-32-28-24-20-16-12-8-4)89(90)116-92-86(105)82(101)80(99)74(113-92)71-109-76(95)65-61-57-53-49-45-41-37-34-30-26-22-18-14-10-6-2/h40,46,72-74,79-93,98-105H,5-39,41-45,47-71H2,1-4H3,(H,106,107)/b46-40-. The summed E-state index contributed by atoms with van der Waals surface area (Å²) in [5, 5.41) is 102. The molecule has 118 heavy (non-hydrogen) atoms. The molecule has 0 radical (unpaired) electrons. The molecule has 25 nitrogen and oxygen atoms in total. The van der Waals surface area contributed by atoms with Crippen LogP contribution in [-0.2, 0) is 70.7 Å². The molecule has 0 spiro atoms. The van der Waals surface area contributed by atoms with Crippen LogP contribution in [0.15, 0.2) is 12.2 Å². The van der Waals surface area contributed by atoms with Crippen LogP contribution in [0.3, 0.4) is 0 Å². The molecule has 694 valence electrons. The van der Waals surface area contributed by atoms with Gasteiger partial charge in [-0.05, 0) is 51.4 Å². The van der Waals surface area contributed by atoms with Gasteiger partial charge in [0.2, 0.25) is 0 Å². The monoisotopic (exact) mass is 1710 g/mol. The fourth-order valence-corrected chi connectivity index (χ4v) is 16.9. The number of phosphoric acid groups is 1. The SMILES string of the molecule is CCCCCCCC/C=C\CCCCCC(=O)OC1C(O)C(O)C(OC2OC(CO)C(O)C(O)C2O)C(OP(=O)(O)OCC(COC(=O)CCCCCCCCCCCCCCCCCC)OC(=O)CCCCCCCCCCCCCCCCC)C1OC1OC(COC(=O)CCCCCCCCCCCCCCCCC)C(O)C(O)C1O. The first-order valence-electron chi connectivity index (χ1n) is 47.9. The van der Waals surface area contributed by atoms with E-state index in [1.807, 2.05) is 0 Å². The lowest BCUT2D eigenvalue weighted by Crippen LogP contribution is -2.70.